The van der Waals surface area contributed by atoms with E-state index in [0.717, 1.165) is 16.8 Å². The minimum absolute atomic E-state index is 0.0138. The van der Waals surface area contributed by atoms with Crippen LogP contribution in [0.4, 0.5) is 14.5 Å². The molecule has 0 fully saturated rings. The molecule has 1 aromatic heterocycles. The van der Waals surface area contributed by atoms with E-state index in [-0.39, 0.29) is 22.5 Å². The summed E-state index contributed by atoms with van der Waals surface area (Å²) >= 11 is 0. The van der Waals surface area contributed by atoms with Crippen LogP contribution in [0, 0.1) is 11.6 Å². The topological polar surface area (TPSA) is 82.4 Å². The molecule has 28 heavy (non-hydrogen) atoms. The molecular formula is C19H15F2N3O4. The Morgan fingerprint density at radius 2 is 1.89 bits per heavy atom. The number of ether oxygens (including phenoxy) is 2. The Bertz CT molecular complexity index is 1050. The first-order valence-corrected chi connectivity index (χ1v) is 8.00. The lowest BCUT2D eigenvalue weighted by atomic mass is 10.1. The molecule has 0 aliphatic carbocycles. The van der Waals surface area contributed by atoms with Gasteiger partial charge in [0.05, 0.1) is 37.2 Å². The second-order valence-electron chi connectivity index (χ2n) is 5.63. The standard InChI is InChI=1S/C19H15F2N3O4/c1-27-13-4-5-16(14(8-13)19(26)28-2)23-18(25)11-9-22-24(10-11)17-6-3-12(20)7-15(17)21/h3-10H,1-2H3,(H,23,25). The highest BCUT2D eigenvalue weighted by Gasteiger charge is 2.18. The SMILES string of the molecule is COC(=O)c1cc(OC)ccc1NC(=O)c1cnn(-c2ccc(F)cc2F)c1. The molecule has 3 aromatic rings. The van der Waals surface area contributed by atoms with Gasteiger partial charge in [-0.05, 0) is 30.3 Å². The molecule has 3 rings (SSSR count). The maximum absolute atomic E-state index is 13.9. The fourth-order valence-electron chi connectivity index (χ4n) is 2.47. The van der Waals surface area contributed by atoms with Crippen LogP contribution in [0.5, 0.6) is 5.75 Å². The maximum Gasteiger partial charge on any atom is 0.340 e. The molecule has 0 radical (unpaired) electrons. The number of amides is 1. The van der Waals surface area contributed by atoms with Crippen molar-refractivity contribution in [3.05, 3.63) is 71.6 Å². The number of nitrogens with one attached hydrogen (secondary N) is 1. The van der Waals surface area contributed by atoms with Gasteiger partial charge >= 0.3 is 5.97 Å². The third-order valence-corrected chi connectivity index (χ3v) is 3.88. The number of aromatic nitrogens is 2. The third-order valence-electron chi connectivity index (χ3n) is 3.88. The summed E-state index contributed by atoms with van der Waals surface area (Å²) in [5.41, 5.74) is 0.404. The highest BCUT2D eigenvalue weighted by molar-refractivity contribution is 6.08. The van der Waals surface area contributed by atoms with E-state index in [9.17, 15) is 18.4 Å². The summed E-state index contributed by atoms with van der Waals surface area (Å²) in [6.45, 7) is 0. The molecular weight excluding hydrogens is 372 g/mol. The summed E-state index contributed by atoms with van der Waals surface area (Å²) in [6, 6.07) is 7.50. The van der Waals surface area contributed by atoms with Crippen LogP contribution < -0.4 is 10.1 Å². The van der Waals surface area contributed by atoms with Crippen molar-refractivity contribution >= 4 is 17.6 Å². The molecule has 0 spiro atoms. The van der Waals surface area contributed by atoms with Gasteiger partial charge in [-0.3, -0.25) is 4.79 Å². The number of nitrogens with zero attached hydrogens (tertiary/aromatic N) is 2. The molecule has 0 aliphatic rings. The van der Waals surface area contributed by atoms with Gasteiger partial charge in [0.25, 0.3) is 5.91 Å². The van der Waals surface area contributed by atoms with Gasteiger partial charge in [0.1, 0.15) is 17.3 Å². The maximum atomic E-state index is 13.9. The van der Waals surface area contributed by atoms with Crippen molar-refractivity contribution in [1.82, 2.24) is 9.78 Å². The molecule has 0 aliphatic heterocycles. The van der Waals surface area contributed by atoms with Crippen LogP contribution in [0.3, 0.4) is 0 Å². The van der Waals surface area contributed by atoms with Crippen LogP contribution in [0.1, 0.15) is 20.7 Å². The van der Waals surface area contributed by atoms with Gasteiger partial charge < -0.3 is 14.8 Å². The van der Waals surface area contributed by atoms with Crippen LogP contribution in [-0.4, -0.2) is 35.9 Å². The zero-order valence-electron chi connectivity index (χ0n) is 14.9. The molecule has 144 valence electrons. The summed E-state index contributed by atoms with van der Waals surface area (Å²) in [6.07, 6.45) is 2.51. The molecule has 2 aromatic carbocycles. The van der Waals surface area contributed by atoms with E-state index in [0.29, 0.717) is 5.75 Å². The minimum Gasteiger partial charge on any atom is -0.497 e. The predicted octanol–water partition coefficient (Wildman–Crippen LogP) is 3.20. The smallest absolute Gasteiger partial charge is 0.340 e. The van der Waals surface area contributed by atoms with Crippen LogP contribution in [-0.2, 0) is 4.74 Å². The molecule has 0 saturated heterocycles. The Balaban J connectivity index is 1.86. The number of esters is 1. The quantitative estimate of drug-likeness (QED) is 0.680. The Hall–Kier alpha value is -3.75. The van der Waals surface area contributed by atoms with Crippen molar-refractivity contribution in [1.29, 1.82) is 0 Å². The highest BCUT2D eigenvalue weighted by atomic mass is 19.1. The van der Waals surface area contributed by atoms with Gasteiger partial charge in [-0.1, -0.05) is 0 Å². The molecule has 0 atom stereocenters. The Labute approximate surface area is 158 Å². The lowest BCUT2D eigenvalue weighted by Gasteiger charge is -2.10. The van der Waals surface area contributed by atoms with E-state index in [2.05, 4.69) is 10.4 Å². The molecule has 9 heteroatoms. The Morgan fingerprint density at radius 1 is 1.11 bits per heavy atom. The van der Waals surface area contributed by atoms with Crippen molar-refractivity contribution in [2.45, 2.75) is 0 Å². The van der Waals surface area contributed by atoms with Crippen LogP contribution in [0.2, 0.25) is 0 Å². The lowest BCUT2D eigenvalue weighted by Crippen LogP contribution is -2.15. The lowest BCUT2D eigenvalue weighted by molar-refractivity contribution is 0.0601. The molecule has 7 nitrogen and oxygen atoms in total. The van der Waals surface area contributed by atoms with Gasteiger partial charge in [-0.2, -0.15) is 5.10 Å². The largest absolute Gasteiger partial charge is 0.497 e. The van der Waals surface area contributed by atoms with E-state index in [1.165, 1.54) is 44.8 Å². The second kappa shape index (κ2) is 7.87. The van der Waals surface area contributed by atoms with Crippen LogP contribution >= 0.6 is 0 Å². The minimum atomic E-state index is -0.821. The number of carbonyl (C=O) groups excluding carboxylic acids is 2. The summed E-state index contributed by atoms with van der Waals surface area (Å²) < 4.78 is 37.8. The number of rotatable bonds is 5. The summed E-state index contributed by atoms with van der Waals surface area (Å²) in [5.74, 6) is -2.36. The van der Waals surface area contributed by atoms with E-state index >= 15 is 0 Å². The molecule has 1 N–H and O–H groups in total. The van der Waals surface area contributed by atoms with E-state index in [1.54, 1.807) is 6.07 Å². The van der Waals surface area contributed by atoms with E-state index in [1.807, 2.05) is 0 Å². The molecule has 0 bridgehead atoms. The van der Waals surface area contributed by atoms with Crippen LogP contribution in [0.25, 0.3) is 5.69 Å². The Morgan fingerprint density at radius 3 is 2.57 bits per heavy atom. The van der Waals surface area contributed by atoms with Crippen molar-refractivity contribution in [3.8, 4) is 11.4 Å². The van der Waals surface area contributed by atoms with Gasteiger partial charge in [0.15, 0.2) is 5.82 Å². The fraction of sp³-hybridized carbons (Fsp3) is 0.105. The predicted molar refractivity (Wildman–Crippen MR) is 95.8 cm³/mol. The molecule has 0 saturated carbocycles. The van der Waals surface area contributed by atoms with Crippen molar-refractivity contribution in [2.75, 3.05) is 19.5 Å². The first kappa shape index (κ1) is 19.0. The first-order chi connectivity index (χ1) is 13.4. The average molecular weight is 387 g/mol. The van der Waals surface area contributed by atoms with E-state index in [4.69, 9.17) is 9.47 Å². The number of methoxy groups -OCH3 is 2. The summed E-state index contributed by atoms with van der Waals surface area (Å²) in [4.78, 5) is 24.5. The number of anilines is 1. The molecule has 1 heterocycles. The van der Waals surface area contributed by atoms with E-state index < -0.39 is 23.5 Å². The highest BCUT2D eigenvalue weighted by Crippen LogP contribution is 2.24. The van der Waals surface area contributed by atoms with Gasteiger partial charge in [0, 0.05) is 12.3 Å². The van der Waals surface area contributed by atoms with Crippen molar-refractivity contribution < 1.29 is 27.8 Å². The average Bonchev–Trinajstić information content (AvgIpc) is 3.17. The zero-order valence-corrected chi connectivity index (χ0v) is 14.9. The first-order valence-electron chi connectivity index (χ1n) is 8.00. The number of carbonyl (C=O) groups is 2. The number of hydrogen-bond donors (Lipinski definition) is 1. The molecule has 0 unspecified atom stereocenters. The van der Waals surface area contributed by atoms with Crippen molar-refractivity contribution in [2.24, 2.45) is 0 Å². The summed E-state index contributed by atoms with van der Waals surface area (Å²) in [7, 11) is 2.66. The third kappa shape index (κ3) is 3.83. The monoisotopic (exact) mass is 387 g/mol. The number of benzene rings is 2. The van der Waals surface area contributed by atoms with Gasteiger partial charge in [-0.25, -0.2) is 18.3 Å². The number of halogens is 2. The summed E-state index contributed by atoms with van der Waals surface area (Å²) in [5, 5.41) is 6.50. The van der Waals surface area contributed by atoms with Gasteiger partial charge in [0.2, 0.25) is 0 Å². The van der Waals surface area contributed by atoms with Crippen molar-refractivity contribution in [3.63, 3.8) is 0 Å². The van der Waals surface area contributed by atoms with Crippen LogP contribution in [0.15, 0.2) is 48.8 Å². The zero-order chi connectivity index (χ0) is 20.3. The fourth-order valence-corrected chi connectivity index (χ4v) is 2.47. The Kier molecular flexibility index (Phi) is 5.35. The molecule has 1 amide bonds. The second-order valence-corrected chi connectivity index (χ2v) is 5.63. The normalized spacial score (nSPS) is 10.4. The number of hydrogen-bond acceptors (Lipinski definition) is 5. The van der Waals surface area contributed by atoms with Gasteiger partial charge in [-0.15, -0.1) is 0 Å².